The van der Waals surface area contributed by atoms with Gasteiger partial charge in [-0.1, -0.05) is 46.8 Å². The van der Waals surface area contributed by atoms with Crippen molar-refractivity contribution in [1.29, 1.82) is 0 Å². The van der Waals surface area contributed by atoms with Crippen molar-refractivity contribution in [3.05, 3.63) is 28.8 Å². The lowest BCUT2D eigenvalue weighted by molar-refractivity contribution is -0.124. The summed E-state index contributed by atoms with van der Waals surface area (Å²) >= 11 is 0. The van der Waals surface area contributed by atoms with Crippen LogP contribution in [0.1, 0.15) is 96.8 Å². The first-order valence-electron chi connectivity index (χ1n) is 12.5. The topological polar surface area (TPSA) is 52.6 Å². The van der Waals surface area contributed by atoms with Gasteiger partial charge in [-0.15, -0.1) is 0 Å². The quantitative estimate of drug-likeness (QED) is 0.343. The number of hydrogen-bond donors (Lipinski definition) is 0. The van der Waals surface area contributed by atoms with Crippen LogP contribution in [0.4, 0.5) is 0 Å². The Morgan fingerprint density at radius 3 is 2.30 bits per heavy atom. The molecule has 1 aromatic carbocycles. The Morgan fingerprint density at radius 2 is 1.82 bits per heavy atom. The molecule has 0 aliphatic heterocycles. The zero-order chi connectivity index (χ0) is 25.2. The fourth-order valence-electron chi connectivity index (χ4n) is 5.14. The number of rotatable bonds is 10. The van der Waals surface area contributed by atoms with Crippen molar-refractivity contribution in [2.45, 2.75) is 110 Å². The summed E-state index contributed by atoms with van der Waals surface area (Å²) in [5.74, 6) is 1.61. The molecule has 1 aliphatic carbocycles. The monoisotopic (exact) mass is 474 g/mol. The van der Waals surface area contributed by atoms with E-state index >= 15 is 0 Å². The molecule has 0 spiro atoms. The maximum absolute atomic E-state index is 13.0. The molecule has 0 heterocycles. The summed E-state index contributed by atoms with van der Waals surface area (Å²) < 4.78 is 12.8. The number of methoxy groups -OCH3 is 1. The third-order valence-corrected chi connectivity index (χ3v) is 12.6. The maximum atomic E-state index is 13.0. The van der Waals surface area contributed by atoms with Crippen LogP contribution in [-0.2, 0) is 25.9 Å². The summed E-state index contributed by atoms with van der Waals surface area (Å²) in [6.07, 6.45) is 3.68. The summed E-state index contributed by atoms with van der Waals surface area (Å²) in [5, 5.41) is 0.0793. The standard InChI is InChI=1S/C28H46O4Si/c1-19(2)22-13-16-25-23(26(22)31-8)14-15-24(21(4)30)28(25,17-11-12-20(3)29)18-32-33(9,10)27(5,6)7/h13,16,19,24H,11-12,14-15,17-18H2,1-10H3/t24-,28+/m1/s1. The van der Waals surface area contributed by atoms with Gasteiger partial charge in [0.25, 0.3) is 0 Å². The van der Waals surface area contributed by atoms with Crippen LogP contribution in [0.2, 0.25) is 18.1 Å². The molecule has 186 valence electrons. The van der Waals surface area contributed by atoms with Crippen LogP contribution in [-0.4, -0.2) is 33.6 Å². The lowest BCUT2D eigenvalue weighted by Gasteiger charge is -2.48. The molecule has 0 saturated carbocycles. The number of ether oxygens (including phenoxy) is 1. The molecule has 1 aliphatic rings. The fourth-order valence-corrected chi connectivity index (χ4v) is 6.19. The molecule has 2 atom stereocenters. The highest BCUT2D eigenvalue weighted by molar-refractivity contribution is 6.74. The molecule has 0 fully saturated rings. The second kappa shape index (κ2) is 10.4. The molecular weight excluding hydrogens is 428 g/mol. The van der Waals surface area contributed by atoms with Crippen LogP contribution in [0.25, 0.3) is 0 Å². The van der Waals surface area contributed by atoms with Crippen molar-refractivity contribution in [3.63, 3.8) is 0 Å². The smallest absolute Gasteiger partial charge is 0.192 e. The Balaban J connectivity index is 2.69. The van der Waals surface area contributed by atoms with E-state index in [0.29, 0.717) is 18.9 Å². The predicted molar refractivity (Wildman–Crippen MR) is 139 cm³/mol. The minimum atomic E-state index is -2.04. The molecule has 4 nitrogen and oxygen atoms in total. The Bertz CT molecular complexity index is 865. The summed E-state index contributed by atoms with van der Waals surface area (Å²) in [7, 11) is -0.291. The van der Waals surface area contributed by atoms with E-state index in [0.717, 1.165) is 31.4 Å². The van der Waals surface area contributed by atoms with Gasteiger partial charge in [0.05, 0.1) is 7.11 Å². The normalized spacial score (nSPS) is 21.1. The predicted octanol–water partition coefficient (Wildman–Crippen LogP) is 6.99. The highest BCUT2D eigenvalue weighted by atomic mass is 28.4. The first-order valence-corrected chi connectivity index (χ1v) is 15.4. The van der Waals surface area contributed by atoms with E-state index in [1.165, 1.54) is 16.7 Å². The van der Waals surface area contributed by atoms with Gasteiger partial charge >= 0.3 is 0 Å². The van der Waals surface area contributed by atoms with Gasteiger partial charge in [0.1, 0.15) is 17.3 Å². The van der Waals surface area contributed by atoms with Crippen molar-refractivity contribution >= 4 is 19.9 Å². The molecule has 33 heavy (non-hydrogen) atoms. The van der Waals surface area contributed by atoms with Gasteiger partial charge in [0.15, 0.2) is 8.32 Å². The Labute approximate surface area is 203 Å². The first-order chi connectivity index (χ1) is 15.2. The minimum absolute atomic E-state index is 0.0793. The van der Waals surface area contributed by atoms with Crippen LogP contribution < -0.4 is 4.74 Å². The zero-order valence-electron chi connectivity index (χ0n) is 22.7. The highest BCUT2D eigenvalue weighted by Gasteiger charge is 2.49. The average molecular weight is 475 g/mol. The molecule has 5 heteroatoms. The molecule has 1 aromatic rings. The Kier molecular flexibility index (Phi) is 8.78. The number of fused-ring (bicyclic) bond motifs is 1. The van der Waals surface area contributed by atoms with Gasteiger partial charge in [-0.25, -0.2) is 0 Å². The van der Waals surface area contributed by atoms with Crippen LogP contribution >= 0.6 is 0 Å². The lowest BCUT2D eigenvalue weighted by atomic mass is 9.59. The molecule has 2 rings (SSSR count). The van der Waals surface area contributed by atoms with Crippen LogP contribution in [0.15, 0.2) is 12.1 Å². The van der Waals surface area contributed by atoms with Gasteiger partial charge in [0.2, 0.25) is 0 Å². The summed E-state index contributed by atoms with van der Waals surface area (Å²) in [6, 6.07) is 4.40. The molecule has 0 bridgehead atoms. The molecule has 0 amide bonds. The van der Waals surface area contributed by atoms with E-state index in [2.05, 4.69) is 59.8 Å². The average Bonchev–Trinajstić information content (AvgIpc) is 2.70. The second-order valence-electron chi connectivity index (χ2n) is 11.8. The van der Waals surface area contributed by atoms with Gasteiger partial charge < -0.3 is 14.0 Å². The van der Waals surface area contributed by atoms with Gasteiger partial charge in [-0.3, -0.25) is 4.79 Å². The molecule has 0 unspecified atom stereocenters. The van der Waals surface area contributed by atoms with Crippen molar-refractivity contribution in [1.82, 2.24) is 0 Å². The summed E-state index contributed by atoms with van der Waals surface area (Å²) in [5.41, 5.74) is 3.19. The van der Waals surface area contributed by atoms with Crippen molar-refractivity contribution in [2.75, 3.05) is 13.7 Å². The van der Waals surface area contributed by atoms with E-state index in [4.69, 9.17) is 9.16 Å². The maximum Gasteiger partial charge on any atom is 0.192 e. The summed E-state index contributed by atoms with van der Waals surface area (Å²) in [6.45, 7) is 19.5. The third kappa shape index (κ3) is 5.79. The number of hydrogen-bond acceptors (Lipinski definition) is 4. The number of carbonyl (C=O) groups excluding carboxylic acids is 2. The second-order valence-corrected chi connectivity index (χ2v) is 16.6. The first kappa shape index (κ1) is 27.8. The number of Topliss-reactive ketones (excluding diaryl/α,β-unsaturated/α-hetero) is 2. The van der Waals surface area contributed by atoms with Crippen molar-refractivity contribution in [2.24, 2.45) is 5.92 Å². The summed E-state index contributed by atoms with van der Waals surface area (Å²) in [4.78, 5) is 24.8. The van der Waals surface area contributed by atoms with Crippen molar-refractivity contribution < 1.29 is 18.8 Å². The van der Waals surface area contributed by atoms with Gasteiger partial charge in [-0.05, 0) is 80.3 Å². The van der Waals surface area contributed by atoms with Gasteiger partial charge in [0, 0.05) is 24.4 Å². The Hall–Kier alpha value is -1.46. The Morgan fingerprint density at radius 1 is 1.18 bits per heavy atom. The van der Waals surface area contributed by atoms with Crippen LogP contribution in [0.5, 0.6) is 5.75 Å². The molecule has 0 saturated heterocycles. The highest BCUT2D eigenvalue weighted by Crippen LogP contribution is 2.51. The number of ketones is 2. The van der Waals surface area contributed by atoms with Gasteiger partial charge in [-0.2, -0.15) is 0 Å². The molecule has 0 aromatic heterocycles. The third-order valence-electron chi connectivity index (χ3n) is 8.14. The fraction of sp³-hybridized carbons (Fsp3) is 0.714. The van der Waals surface area contributed by atoms with Crippen molar-refractivity contribution in [3.8, 4) is 5.75 Å². The van der Waals surface area contributed by atoms with E-state index in [1.54, 1.807) is 21.0 Å². The molecule has 0 N–H and O–H groups in total. The lowest BCUT2D eigenvalue weighted by Crippen LogP contribution is -2.51. The van der Waals surface area contributed by atoms with E-state index in [1.807, 2.05) is 0 Å². The SMILES string of the molecule is COc1c(C(C)C)ccc2c1CC[C@H](C(C)=O)[C@]2(CCCC(C)=O)CO[Si](C)(C)C(C)(C)C. The van der Waals surface area contributed by atoms with Crippen LogP contribution in [0, 0.1) is 5.92 Å². The molecular formula is C28H46O4Si. The van der Waals surface area contributed by atoms with Crippen LogP contribution in [0.3, 0.4) is 0 Å². The molecule has 0 radical (unpaired) electrons. The van der Waals surface area contributed by atoms with E-state index in [9.17, 15) is 9.59 Å². The van der Waals surface area contributed by atoms with E-state index < -0.39 is 13.7 Å². The zero-order valence-corrected chi connectivity index (χ0v) is 23.7. The van der Waals surface area contributed by atoms with E-state index in [-0.39, 0.29) is 22.5 Å². The number of carbonyl (C=O) groups is 2. The largest absolute Gasteiger partial charge is 0.496 e. The number of benzene rings is 1. The minimum Gasteiger partial charge on any atom is -0.496 e.